The highest BCUT2D eigenvalue weighted by molar-refractivity contribution is 5.94. The fourth-order valence-electron chi connectivity index (χ4n) is 2.24. The molecule has 0 amide bonds. The molecule has 2 aromatic rings. The van der Waals surface area contributed by atoms with E-state index in [1.165, 1.54) is 18.4 Å². The van der Waals surface area contributed by atoms with E-state index in [9.17, 15) is 4.79 Å². The molecule has 1 N–H and O–H groups in total. The van der Waals surface area contributed by atoms with Crippen molar-refractivity contribution >= 4 is 16.9 Å². The summed E-state index contributed by atoms with van der Waals surface area (Å²) in [5, 5.41) is 10.1. The van der Waals surface area contributed by atoms with Gasteiger partial charge < -0.3 is 9.67 Å². The fraction of sp³-hybridized carbons (Fsp3) is 0.308. The summed E-state index contributed by atoms with van der Waals surface area (Å²) in [6.45, 7) is 0. The molecule has 0 aliphatic heterocycles. The molecule has 3 nitrogen and oxygen atoms in total. The zero-order valence-corrected chi connectivity index (χ0v) is 9.10. The van der Waals surface area contributed by atoms with Crippen LogP contribution in [0.5, 0.6) is 0 Å². The number of benzene rings is 1. The molecule has 1 aliphatic carbocycles. The summed E-state index contributed by atoms with van der Waals surface area (Å²) < 4.78 is 1.73. The highest BCUT2D eigenvalue weighted by atomic mass is 16.4. The summed E-state index contributed by atoms with van der Waals surface area (Å²) in [6, 6.07) is 8.02. The molecule has 0 unspecified atom stereocenters. The van der Waals surface area contributed by atoms with E-state index >= 15 is 0 Å². The smallest absolute Gasteiger partial charge is 0.352 e. The maximum absolute atomic E-state index is 11.0. The second kappa shape index (κ2) is 3.11. The lowest BCUT2D eigenvalue weighted by atomic mass is 10.1. The van der Waals surface area contributed by atoms with E-state index in [-0.39, 0.29) is 0 Å². The van der Waals surface area contributed by atoms with Crippen molar-refractivity contribution in [3.05, 3.63) is 35.5 Å². The average Bonchev–Trinajstić information content (AvgIpc) is 3.04. The van der Waals surface area contributed by atoms with Crippen LogP contribution in [0.2, 0.25) is 0 Å². The largest absolute Gasteiger partial charge is 0.477 e. The molecular weight excluding hydrogens is 202 g/mol. The number of nitrogens with zero attached hydrogens (tertiary/aromatic N) is 1. The van der Waals surface area contributed by atoms with Gasteiger partial charge >= 0.3 is 5.97 Å². The third-order valence-electron chi connectivity index (χ3n) is 3.33. The van der Waals surface area contributed by atoms with Crippen LogP contribution in [0.3, 0.4) is 0 Å². The molecule has 1 fully saturated rings. The third kappa shape index (κ3) is 1.32. The molecule has 1 aliphatic rings. The Kier molecular flexibility index (Phi) is 1.84. The first kappa shape index (κ1) is 9.46. The molecule has 0 saturated heterocycles. The molecule has 1 saturated carbocycles. The predicted molar refractivity (Wildman–Crippen MR) is 61.9 cm³/mol. The molecule has 82 valence electrons. The molecule has 0 bridgehead atoms. The Balaban J connectivity index is 2.20. The molecule has 1 heterocycles. The zero-order chi connectivity index (χ0) is 11.3. The standard InChI is InChI=1S/C13H13NO2/c1-14-11-5-4-9(8-2-3-8)6-10(11)7-12(14)13(15)16/h4-8H,2-3H2,1H3,(H,15,16). The van der Waals surface area contributed by atoms with Gasteiger partial charge in [0, 0.05) is 18.0 Å². The Morgan fingerprint density at radius 2 is 2.12 bits per heavy atom. The van der Waals surface area contributed by atoms with E-state index in [0.29, 0.717) is 11.6 Å². The lowest BCUT2D eigenvalue weighted by molar-refractivity contribution is 0.0687. The van der Waals surface area contributed by atoms with Gasteiger partial charge in [-0.05, 0) is 42.5 Å². The van der Waals surface area contributed by atoms with Crippen LogP contribution in [0.4, 0.5) is 0 Å². The number of carboxylic acid groups (broad SMARTS) is 1. The van der Waals surface area contributed by atoms with Gasteiger partial charge in [-0.25, -0.2) is 4.79 Å². The first-order chi connectivity index (χ1) is 7.66. The number of fused-ring (bicyclic) bond motifs is 1. The van der Waals surface area contributed by atoms with Crippen molar-refractivity contribution in [3.63, 3.8) is 0 Å². The SMILES string of the molecule is Cn1c(C(=O)O)cc2cc(C3CC3)ccc21. The van der Waals surface area contributed by atoms with E-state index in [1.54, 1.807) is 17.7 Å². The Labute approximate surface area is 93.3 Å². The zero-order valence-electron chi connectivity index (χ0n) is 9.10. The normalized spacial score (nSPS) is 15.6. The average molecular weight is 215 g/mol. The number of hydrogen-bond donors (Lipinski definition) is 1. The Morgan fingerprint density at radius 1 is 1.38 bits per heavy atom. The monoisotopic (exact) mass is 215 g/mol. The van der Waals surface area contributed by atoms with Crippen LogP contribution >= 0.6 is 0 Å². The van der Waals surface area contributed by atoms with Crippen molar-refractivity contribution in [3.8, 4) is 0 Å². The maximum Gasteiger partial charge on any atom is 0.352 e. The van der Waals surface area contributed by atoms with Crippen LogP contribution in [-0.2, 0) is 7.05 Å². The van der Waals surface area contributed by atoms with Gasteiger partial charge in [-0.3, -0.25) is 0 Å². The number of carboxylic acids is 1. The van der Waals surface area contributed by atoms with Crippen LogP contribution in [0.25, 0.3) is 10.9 Å². The molecule has 0 radical (unpaired) electrons. The Bertz CT molecular complexity index is 579. The van der Waals surface area contributed by atoms with Gasteiger partial charge in [-0.1, -0.05) is 6.07 Å². The molecule has 3 rings (SSSR count). The van der Waals surface area contributed by atoms with Crippen molar-refractivity contribution in [1.82, 2.24) is 4.57 Å². The number of hydrogen-bond acceptors (Lipinski definition) is 1. The maximum atomic E-state index is 11.0. The van der Waals surface area contributed by atoms with Crippen molar-refractivity contribution < 1.29 is 9.90 Å². The first-order valence-corrected chi connectivity index (χ1v) is 5.49. The van der Waals surface area contributed by atoms with Crippen LogP contribution in [-0.4, -0.2) is 15.6 Å². The van der Waals surface area contributed by atoms with Crippen molar-refractivity contribution in [2.75, 3.05) is 0 Å². The summed E-state index contributed by atoms with van der Waals surface area (Å²) in [5.74, 6) is -0.162. The number of aromatic nitrogens is 1. The van der Waals surface area contributed by atoms with Gasteiger partial charge in [0.05, 0.1) is 0 Å². The molecule has 3 heteroatoms. The molecule has 16 heavy (non-hydrogen) atoms. The van der Waals surface area contributed by atoms with Crippen molar-refractivity contribution in [2.24, 2.45) is 7.05 Å². The van der Waals surface area contributed by atoms with Crippen LogP contribution < -0.4 is 0 Å². The van der Waals surface area contributed by atoms with E-state index < -0.39 is 5.97 Å². The van der Waals surface area contributed by atoms with Crippen LogP contribution in [0.1, 0.15) is 34.8 Å². The van der Waals surface area contributed by atoms with Gasteiger partial charge in [-0.2, -0.15) is 0 Å². The van der Waals surface area contributed by atoms with Crippen LogP contribution in [0, 0.1) is 0 Å². The highest BCUT2D eigenvalue weighted by Crippen LogP contribution is 2.41. The van der Waals surface area contributed by atoms with Gasteiger partial charge in [0.1, 0.15) is 5.69 Å². The van der Waals surface area contributed by atoms with Crippen LogP contribution in [0.15, 0.2) is 24.3 Å². The fourth-order valence-corrected chi connectivity index (χ4v) is 2.24. The van der Waals surface area contributed by atoms with Gasteiger partial charge in [0.2, 0.25) is 0 Å². The Hall–Kier alpha value is -1.77. The minimum absolute atomic E-state index is 0.350. The summed E-state index contributed by atoms with van der Waals surface area (Å²) in [5.41, 5.74) is 2.68. The quantitative estimate of drug-likeness (QED) is 0.836. The molecule has 0 atom stereocenters. The summed E-state index contributed by atoms with van der Waals surface area (Å²) >= 11 is 0. The summed E-state index contributed by atoms with van der Waals surface area (Å²) in [4.78, 5) is 11.0. The second-order valence-electron chi connectivity index (χ2n) is 4.49. The van der Waals surface area contributed by atoms with E-state index in [2.05, 4.69) is 12.1 Å². The molecular formula is C13H13NO2. The highest BCUT2D eigenvalue weighted by Gasteiger charge is 2.24. The summed E-state index contributed by atoms with van der Waals surface area (Å²) in [6.07, 6.45) is 2.54. The van der Waals surface area contributed by atoms with E-state index in [0.717, 1.165) is 10.9 Å². The third-order valence-corrected chi connectivity index (χ3v) is 3.33. The molecule has 1 aromatic carbocycles. The predicted octanol–water partition coefficient (Wildman–Crippen LogP) is 2.75. The molecule has 1 aromatic heterocycles. The van der Waals surface area contributed by atoms with Crippen molar-refractivity contribution in [2.45, 2.75) is 18.8 Å². The van der Waals surface area contributed by atoms with Gasteiger partial charge in [-0.15, -0.1) is 0 Å². The second-order valence-corrected chi connectivity index (χ2v) is 4.49. The lowest BCUT2D eigenvalue weighted by Crippen LogP contribution is -2.03. The summed E-state index contributed by atoms with van der Waals surface area (Å²) in [7, 11) is 1.79. The Morgan fingerprint density at radius 3 is 2.75 bits per heavy atom. The number of carbonyl (C=O) groups is 1. The lowest BCUT2D eigenvalue weighted by Gasteiger charge is -2.01. The number of aryl methyl sites for hydroxylation is 1. The topological polar surface area (TPSA) is 42.2 Å². The number of rotatable bonds is 2. The van der Waals surface area contributed by atoms with Gasteiger partial charge in [0.15, 0.2) is 0 Å². The van der Waals surface area contributed by atoms with E-state index in [4.69, 9.17) is 5.11 Å². The minimum atomic E-state index is -0.869. The van der Waals surface area contributed by atoms with Gasteiger partial charge in [0.25, 0.3) is 0 Å². The van der Waals surface area contributed by atoms with Crippen molar-refractivity contribution in [1.29, 1.82) is 0 Å². The first-order valence-electron chi connectivity index (χ1n) is 5.49. The number of aromatic carboxylic acids is 1. The van der Waals surface area contributed by atoms with E-state index in [1.807, 2.05) is 6.07 Å². The molecule has 0 spiro atoms. The minimum Gasteiger partial charge on any atom is -0.477 e.